The van der Waals surface area contributed by atoms with Crippen molar-refractivity contribution in [2.24, 2.45) is 5.73 Å². The Bertz CT molecular complexity index is 614. The van der Waals surface area contributed by atoms with Crippen LogP contribution in [0.3, 0.4) is 0 Å². The zero-order valence-electron chi connectivity index (χ0n) is 10.1. The molecule has 0 saturated heterocycles. The summed E-state index contributed by atoms with van der Waals surface area (Å²) in [5, 5.41) is 0. The molecule has 2 aromatic rings. The molecule has 5 heteroatoms. The zero-order chi connectivity index (χ0) is 13.8. The molecule has 19 heavy (non-hydrogen) atoms. The molecule has 0 saturated carbocycles. The van der Waals surface area contributed by atoms with Crippen LogP contribution in [0.25, 0.3) is 0 Å². The Labute approximate surface area is 119 Å². The lowest BCUT2D eigenvalue weighted by atomic mass is 10.1. The highest BCUT2D eigenvalue weighted by molar-refractivity contribution is 9.10. The highest BCUT2D eigenvalue weighted by Crippen LogP contribution is 2.23. The Kier molecular flexibility index (Phi) is 4.06. The Hall–Kier alpha value is -2.01. The second kappa shape index (κ2) is 5.75. The van der Waals surface area contributed by atoms with E-state index in [4.69, 9.17) is 16.2 Å². The number of carbonyl (C=O) groups is 1. The maximum absolute atomic E-state index is 11.3. The summed E-state index contributed by atoms with van der Waals surface area (Å²) in [6.07, 6.45) is 0. The average Bonchev–Trinajstić information content (AvgIpc) is 2.36. The van der Waals surface area contributed by atoms with Gasteiger partial charge in [0, 0.05) is 16.2 Å². The SMILES string of the molecule is NC(=O)c1ccc(N)cc1OCc1cccc(Br)c1. The van der Waals surface area contributed by atoms with Crippen LogP contribution in [0.1, 0.15) is 15.9 Å². The van der Waals surface area contributed by atoms with Gasteiger partial charge < -0.3 is 16.2 Å². The third kappa shape index (κ3) is 3.48. The fourth-order valence-electron chi connectivity index (χ4n) is 1.65. The topological polar surface area (TPSA) is 78.3 Å². The number of hydrogen-bond acceptors (Lipinski definition) is 3. The largest absolute Gasteiger partial charge is 0.488 e. The molecule has 0 fully saturated rings. The van der Waals surface area contributed by atoms with Crippen LogP contribution in [-0.4, -0.2) is 5.91 Å². The van der Waals surface area contributed by atoms with Gasteiger partial charge in [0.25, 0.3) is 5.91 Å². The van der Waals surface area contributed by atoms with E-state index in [1.807, 2.05) is 24.3 Å². The van der Waals surface area contributed by atoms with E-state index >= 15 is 0 Å². The summed E-state index contributed by atoms with van der Waals surface area (Å²) in [7, 11) is 0. The molecule has 0 bridgehead atoms. The quantitative estimate of drug-likeness (QED) is 0.850. The van der Waals surface area contributed by atoms with Crippen LogP contribution in [0.4, 0.5) is 5.69 Å². The molecule has 0 spiro atoms. The highest BCUT2D eigenvalue weighted by atomic mass is 79.9. The number of rotatable bonds is 4. The van der Waals surface area contributed by atoms with Crippen LogP contribution < -0.4 is 16.2 Å². The predicted octanol–water partition coefficient (Wildman–Crippen LogP) is 2.71. The molecule has 0 aromatic heterocycles. The first-order valence-corrected chi connectivity index (χ1v) is 6.42. The summed E-state index contributed by atoms with van der Waals surface area (Å²) in [5.74, 6) is -0.142. The molecule has 0 heterocycles. The van der Waals surface area contributed by atoms with Crippen LogP contribution in [-0.2, 0) is 6.61 Å². The minimum atomic E-state index is -0.538. The molecule has 0 aliphatic carbocycles. The van der Waals surface area contributed by atoms with Crippen LogP contribution in [0.2, 0.25) is 0 Å². The number of hydrogen-bond donors (Lipinski definition) is 2. The van der Waals surface area contributed by atoms with Gasteiger partial charge in [-0.3, -0.25) is 4.79 Å². The molecule has 2 aromatic carbocycles. The van der Waals surface area contributed by atoms with Gasteiger partial charge in [0.15, 0.2) is 0 Å². The number of nitrogen functional groups attached to an aromatic ring is 1. The summed E-state index contributed by atoms with van der Waals surface area (Å²) in [6, 6.07) is 12.5. The second-order valence-electron chi connectivity index (χ2n) is 4.04. The first-order valence-electron chi connectivity index (χ1n) is 5.63. The molecule has 0 unspecified atom stereocenters. The normalized spacial score (nSPS) is 10.2. The number of amides is 1. The van der Waals surface area contributed by atoms with Crippen LogP contribution >= 0.6 is 15.9 Å². The van der Waals surface area contributed by atoms with Gasteiger partial charge in [0.1, 0.15) is 12.4 Å². The highest BCUT2D eigenvalue weighted by Gasteiger charge is 2.10. The standard InChI is InChI=1S/C14H13BrN2O2/c15-10-3-1-2-9(6-10)8-19-13-7-11(16)4-5-12(13)14(17)18/h1-7H,8,16H2,(H2,17,18). The molecular formula is C14H13BrN2O2. The molecule has 1 amide bonds. The summed E-state index contributed by atoms with van der Waals surface area (Å²) >= 11 is 3.39. The monoisotopic (exact) mass is 320 g/mol. The van der Waals surface area contributed by atoms with Crippen molar-refractivity contribution in [2.75, 3.05) is 5.73 Å². The molecule has 2 rings (SSSR count). The predicted molar refractivity (Wildman–Crippen MR) is 77.8 cm³/mol. The molecule has 4 nitrogen and oxygen atoms in total. The smallest absolute Gasteiger partial charge is 0.252 e. The third-order valence-corrected chi connectivity index (χ3v) is 3.05. The summed E-state index contributed by atoms with van der Waals surface area (Å²) in [4.78, 5) is 11.3. The van der Waals surface area contributed by atoms with Crippen molar-refractivity contribution in [2.45, 2.75) is 6.61 Å². The van der Waals surface area contributed by atoms with Crippen LogP contribution in [0, 0.1) is 0 Å². The van der Waals surface area contributed by atoms with E-state index in [2.05, 4.69) is 15.9 Å². The fraction of sp³-hybridized carbons (Fsp3) is 0.0714. The Morgan fingerprint density at radius 2 is 2.00 bits per heavy atom. The lowest BCUT2D eigenvalue weighted by Gasteiger charge is -2.10. The van der Waals surface area contributed by atoms with Crippen molar-refractivity contribution in [3.05, 3.63) is 58.1 Å². The van der Waals surface area contributed by atoms with Gasteiger partial charge in [-0.1, -0.05) is 28.1 Å². The van der Waals surface area contributed by atoms with Gasteiger partial charge in [0.05, 0.1) is 5.56 Å². The fourth-order valence-corrected chi connectivity index (χ4v) is 2.10. The number of ether oxygens (including phenoxy) is 1. The zero-order valence-corrected chi connectivity index (χ0v) is 11.7. The lowest BCUT2D eigenvalue weighted by molar-refractivity contribution is 0.0996. The Balaban J connectivity index is 2.19. The molecule has 0 aliphatic rings. The minimum absolute atomic E-state index is 0.323. The van der Waals surface area contributed by atoms with Crippen molar-refractivity contribution < 1.29 is 9.53 Å². The number of carbonyl (C=O) groups excluding carboxylic acids is 1. The average molecular weight is 321 g/mol. The van der Waals surface area contributed by atoms with E-state index in [0.29, 0.717) is 23.6 Å². The van der Waals surface area contributed by atoms with Gasteiger partial charge >= 0.3 is 0 Å². The minimum Gasteiger partial charge on any atom is -0.488 e. The lowest BCUT2D eigenvalue weighted by Crippen LogP contribution is -2.13. The van der Waals surface area contributed by atoms with Gasteiger partial charge in [-0.05, 0) is 29.8 Å². The molecular weight excluding hydrogens is 308 g/mol. The van der Waals surface area contributed by atoms with Gasteiger partial charge in [-0.25, -0.2) is 0 Å². The van der Waals surface area contributed by atoms with E-state index in [1.165, 1.54) is 0 Å². The van der Waals surface area contributed by atoms with Crippen molar-refractivity contribution in [3.63, 3.8) is 0 Å². The van der Waals surface area contributed by atoms with E-state index in [-0.39, 0.29) is 0 Å². The molecule has 98 valence electrons. The van der Waals surface area contributed by atoms with Crippen molar-refractivity contribution in [1.82, 2.24) is 0 Å². The van der Waals surface area contributed by atoms with Gasteiger partial charge in [-0.15, -0.1) is 0 Å². The number of anilines is 1. The maximum Gasteiger partial charge on any atom is 0.252 e. The summed E-state index contributed by atoms with van der Waals surface area (Å²) < 4.78 is 6.59. The second-order valence-corrected chi connectivity index (χ2v) is 4.95. The van der Waals surface area contributed by atoms with Crippen molar-refractivity contribution >= 4 is 27.5 Å². The van der Waals surface area contributed by atoms with Crippen LogP contribution in [0.5, 0.6) is 5.75 Å². The van der Waals surface area contributed by atoms with E-state index < -0.39 is 5.91 Å². The molecule has 4 N–H and O–H groups in total. The first-order chi connectivity index (χ1) is 9.06. The Morgan fingerprint density at radius 1 is 1.21 bits per heavy atom. The van der Waals surface area contributed by atoms with E-state index in [1.54, 1.807) is 18.2 Å². The molecule has 0 atom stereocenters. The summed E-state index contributed by atoms with van der Waals surface area (Å²) in [5.41, 5.74) is 12.8. The number of benzene rings is 2. The summed E-state index contributed by atoms with van der Waals surface area (Å²) in [6.45, 7) is 0.336. The van der Waals surface area contributed by atoms with E-state index in [0.717, 1.165) is 10.0 Å². The maximum atomic E-state index is 11.3. The van der Waals surface area contributed by atoms with Gasteiger partial charge in [-0.2, -0.15) is 0 Å². The molecule has 0 radical (unpaired) electrons. The van der Waals surface area contributed by atoms with E-state index in [9.17, 15) is 4.79 Å². The number of primary amides is 1. The number of halogens is 1. The Morgan fingerprint density at radius 3 is 2.68 bits per heavy atom. The van der Waals surface area contributed by atoms with Crippen molar-refractivity contribution in [1.29, 1.82) is 0 Å². The number of nitrogens with two attached hydrogens (primary N) is 2. The first kappa shape index (κ1) is 13.4. The van der Waals surface area contributed by atoms with Crippen LogP contribution in [0.15, 0.2) is 46.9 Å². The van der Waals surface area contributed by atoms with Gasteiger partial charge in [0.2, 0.25) is 0 Å². The molecule has 0 aliphatic heterocycles. The third-order valence-electron chi connectivity index (χ3n) is 2.55. The van der Waals surface area contributed by atoms with Crippen molar-refractivity contribution in [3.8, 4) is 5.75 Å².